The van der Waals surface area contributed by atoms with Gasteiger partial charge < -0.3 is 10.1 Å². The molecule has 0 saturated carbocycles. The van der Waals surface area contributed by atoms with Crippen molar-refractivity contribution in [2.45, 2.75) is 0 Å². The number of hydrogen-bond acceptors (Lipinski definition) is 3. The second-order valence-corrected chi connectivity index (χ2v) is 4.13. The Labute approximate surface area is 107 Å². The normalized spacial score (nSPS) is 10.7. The van der Waals surface area contributed by atoms with E-state index in [0.29, 0.717) is 16.6 Å². The molecule has 5 nitrogen and oxygen atoms in total. The minimum Gasteiger partial charge on any atom is -0.508 e. The number of H-pyrrole nitrogens is 1. The fourth-order valence-corrected chi connectivity index (χ4v) is 2.00. The first kappa shape index (κ1) is 11.3. The summed E-state index contributed by atoms with van der Waals surface area (Å²) in [7, 11) is 0. The average Bonchev–Trinajstić information content (AvgIpc) is 2.41. The summed E-state index contributed by atoms with van der Waals surface area (Å²) in [4.78, 5) is 27.0. The molecule has 5 heteroatoms. The van der Waals surface area contributed by atoms with Gasteiger partial charge in [0.25, 0.3) is 5.56 Å². The average molecular weight is 254 g/mol. The number of nitrogens with one attached hydrogen (secondary N) is 1. The van der Waals surface area contributed by atoms with Crippen LogP contribution >= 0.6 is 0 Å². The van der Waals surface area contributed by atoms with Crippen molar-refractivity contribution in [2.75, 3.05) is 0 Å². The predicted octanol–water partition coefficient (Wildman–Crippen LogP) is 1.38. The van der Waals surface area contributed by atoms with Crippen molar-refractivity contribution in [3.63, 3.8) is 0 Å². The number of aromatic hydroxyl groups is 1. The van der Waals surface area contributed by atoms with Crippen molar-refractivity contribution in [1.29, 1.82) is 0 Å². The molecule has 0 aliphatic carbocycles. The number of aromatic nitrogens is 2. The van der Waals surface area contributed by atoms with Gasteiger partial charge in [-0.2, -0.15) is 0 Å². The van der Waals surface area contributed by atoms with Gasteiger partial charge in [0.15, 0.2) is 0 Å². The second-order valence-electron chi connectivity index (χ2n) is 4.13. The molecule has 2 N–H and O–H groups in total. The Bertz CT molecular complexity index is 860. The van der Waals surface area contributed by atoms with Crippen LogP contribution < -0.4 is 11.2 Å². The molecule has 0 spiro atoms. The van der Waals surface area contributed by atoms with Gasteiger partial charge in [-0.15, -0.1) is 0 Å². The minimum absolute atomic E-state index is 0.0778. The van der Waals surface area contributed by atoms with E-state index in [1.54, 1.807) is 24.3 Å². The highest BCUT2D eigenvalue weighted by atomic mass is 16.3. The Morgan fingerprint density at radius 3 is 2.37 bits per heavy atom. The number of fused-ring (bicyclic) bond motifs is 1. The van der Waals surface area contributed by atoms with Gasteiger partial charge in [-0.3, -0.25) is 4.79 Å². The highest BCUT2D eigenvalue weighted by molar-refractivity contribution is 5.77. The van der Waals surface area contributed by atoms with Crippen LogP contribution in [-0.4, -0.2) is 14.7 Å². The zero-order chi connectivity index (χ0) is 13.4. The fourth-order valence-electron chi connectivity index (χ4n) is 2.00. The zero-order valence-electron chi connectivity index (χ0n) is 9.83. The van der Waals surface area contributed by atoms with E-state index in [-0.39, 0.29) is 11.3 Å². The molecule has 19 heavy (non-hydrogen) atoms. The van der Waals surface area contributed by atoms with E-state index in [4.69, 9.17) is 0 Å². The number of nitrogens with zero attached hydrogens (tertiary/aromatic N) is 1. The van der Waals surface area contributed by atoms with E-state index >= 15 is 0 Å². The first-order chi connectivity index (χ1) is 9.16. The van der Waals surface area contributed by atoms with E-state index < -0.39 is 5.69 Å². The van der Waals surface area contributed by atoms with Gasteiger partial charge in [-0.05, 0) is 36.4 Å². The molecular formula is C14H10N2O3. The van der Waals surface area contributed by atoms with E-state index in [9.17, 15) is 14.7 Å². The molecule has 0 atom stereocenters. The van der Waals surface area contributed by atoms with Gasteiger partial charge in [0, 0.05) is 0 Å². The van der Waals surface area contributed by atoms with Gasteiger partial charge in [0.2, 0.25) is 0 Å². The monoisotopic (exact) mass is 254 g/mol. The van der Waals surface area contributed by atoms with Crippen molar-refractivity contribution in [2.24, 2.45) is 0 Å². The lowest BCUT2D eigenvalue weighted by Crippen LogP contribution is -2.33. The van der Waals surface area contributed by atoms with Crippen LogP contribution in [0.15, 0.2) is 58.1 Å². The number of hydrogen-bond donors (Lipinski definition) is 2. The van der Waals surface area contributed by atoms with E-state index in [1.807, 2.05) is 0 Å². The summed E-state index contributed by atoms with van der Waals surface area (Å²) in [6.07, 6.45) is 0. The van der Waals surface area contributed by atoms with Crippen LogP contribution in [0.3, 0.4) is 0 Å². The van der Waals surface area contributed by atoms with Gasteiger partial charge in [0.1, 0.15) is 5.75 Å². The molecule has 1 heterocycles. The van der Waals surface area contributed by atoms with Crippen LogP contribution in [0.5, 0.6) is 5.75 Å². The van der Waals surface area contributed by atoms with E-state index in [0.717, 1.165) is 4.57 Å². The number of benzene rings is 2. The van der Waals surface area contributed by atoms with Crippen molar-refractivity contribution >= 4 is 10.9 Å². The van der Waals surface area contributed by atoms with Crippen LogP contribution in [-0.2, 0) is 0 Å². The van der Waals surface area contributed by atoms with E-state index in [1.165, 1.54) is 24.3 Å². The Balaban J connectivity index is 2.39. The lowest BCUT2D eigenvalue weighted by Gasteiger charge is -2.06. The molecule has 0 amide bonds. The van der Waals surface area contributed by atoms with Crippen molar-refractivity contribution in [3.05, 3.63) is 69.4 Å². The van der Waals surface area contributed by atoms with Crippen LogP contribution in [0.1, 0.15) is 0 Å². The molecule has 0 unspecified atom stereocenters. The summed E-state index contributed by atoms with van der Waals surface area (Å²) < 4.78 is 1.04. The summed E-state index contributed by atoms with van der Waals surface area (Å²) in [5.74, 6) is 0.0778. The molecule has 0 saturated heterocycles. The summed E-state index contributed by atoms with van der Waals surface area (Å²) in [5, 5.41) is 9.68. The van der Waals surface area contributed by atoms with Gasteiger partial charge >= 0.3 is 5.69 Å². The highest BCUT2D eigenvalue weighted by Gasteiger charge is 2.08. The molecule has 3 aromatic rings. The number of para-hydroxylation sites is 1. The summed E-state index contributed by atoms with van der Waals surface area (Å²) >= 11 is 0. The maximum atomic E-state index is 12.3. The highest BCUT2D eigenvalue weighted by Crippen LogP contribution is 2.12. The second kappa shape index (κ2) is 4.13. The lowest BCUT2D eigenvalue weighted by atomic mass is 10.2. The summed E-state index contributed by atoms with van der Waals surface area (Å²) in [6, 6.07) is 12.7. The van der Waals surface area contributed by atoms with Crippen LogP contribution in [0.4, 0.5) is 0 Å². The first-order valence-electron chi connectivity index (χ1n) is 5.70. The van der Waals surface area contributed by atoms with Gasteiger partial charge in [-0.1, -0.05) is 12.1 Å². The molecule has 0 aliphatic rings. The van der Waals surface area contributed by atoms with E-state index in [2.05, 4.69) is 4.98 Å². The van der Waals surface area contributed by atoms with Crippen molar-refractivity contribution in [1.82, 2.24) is 9.55 Å². The third-order valence-electron chi connectivity index (χ3n) is 2.91. The van der Waals surface area contributed by atoms with Crippen LogP contribution in [0, 0.1) is 0 Å². The van der Waals surface area contributed by atoms with Crippen LogP contribution in [0.2, 0.25) is 0 Å². The molecular weight excluding hydrogens is 244 g/mol. The summed E-state index contributed by atoms with van der Waals surface area (Å²) in [6.45, 7) is 0. The topological polar surface area (TPSA) is 75.1 Å². The van der Waals surface area contributed by atoms with Gasteiger partial charge in [0.05, 0.1) is 16.6 Å². The maximum absolute atomic E-state index is 12.3. The zero-order valence-corrected chi connectivity index (χ0v) is 9.83. The number of rotatable bonds is 1. The molecule has 3 rings (SSSR count). The largest absolute Gasteiger partial charge is 0.508 e. The third-order valence-corrected chi connectivity index (χ3v) is 2.91. The SMILES string of the molecule is O=c1[nH]c2ccccc2c(=O)n1-c1ccc(O)cc1. The van der Waals surface area contributed by atoms with Crippen molar-refractivity contribution in [3.8, 4) is 11.4 Å². The molecule has 0 fully saturated rings. The molecule has 0 radical (unpaired) electrons. The molecule has 94 valence electrons. The summed E-state index contributed by atoms with van der Waals surface area (Å²) in [5.41, 5.74) is 0.0294. The quantitative estimate of drug-likeness (QED) is 0.689. The number of phenolic OH excluding ortho intramolecular Hbond substituents is 1. The third kappa shape index (κ3) is 1.81. The molecule has 2 aromatic carbocycles. The Kier molecular flexibility index (Phi) is 2.45. The first-order valence-corrected chi connectivity index (χ1v) is 5.70. The smallest absolute Gasteiger partial charge is 0.333 e. The van der Waals surface area contributed by atoms with Gasteiger partial charge in [-0.25, -0.2) is 9.36 Å². The maximum Gasteiger partial charge on any atom is 0.333 e. The Morgan fingerprint density at radius 2 is 1.63 bits per heavy atom. The van der Waals surface area contributed by atoms with Crippen LogP contribution in [0.25, 0.3) is 16.6 Å². The standard InChI is InChI=1S/C14H10N2O3/c17-10-7-5-9(6-8-10)16-13(18)11-3-1-2-4-12(11)15-14(16)19/h1-8,17H,(H,15,19). The molecule has 1 aromatic heterocycles. The van der Waals surface area contributed by atoms with Crippen molar-refractivity contribution < 1.29 is 5.11 Å². The molecule has 0 bridgehead atoms. The molecule has 0 aliphatic heterocycles. The predicted molar refractivity (Wildman–Crippen MR) is 71.8 cm³/mol. The Hall–Kier alpha value is -2.82. The lowest BCUT2D eigenvalue weighted by molar-refractivity contribution is 0.475. The Morgan fingerprint density at radius 1 is 0.947 bits per heavy atom. The number of aromatic amines is 1. The fraction of sp³-hybridized carbons (Fsp3) is 0. The minimum atomic E-state index is -0.505. The number of phenols is 1.